The van der Waals surface area contributed by atoms with Crippen LogP contribution in [-0.4, -0.2) is 48.7 Å². The van der Waals surface area contributed by atoms with E-state index >= 15 is 0 Å². The molecule has 2 aromatic carbocycles. The summed E-state index contributed by atoms with van der Waals surface area (Å²) >= 11 is 0. The van der Waals surface area contributed by atoms with E-state index in [4.69, 9.17) is 25.7 Å². The molecule has 140 valence electrons. The van der Waals surface area contributed by atoms with Gasteiger partial charge < -0.3 is 30.6 Å². The maximum absolute atomic E-state index is 9.10. The number of hydrogen-bond donors (Lipinski definition) is 3. The molecule has 0 aliphatic rings. The van der Waals surface area contributed by atoms with Crippen LogP contribution in [0, 0.1) is 5.41 Å². The molecule has 4 N–H and O–H groups in total. The number of ether oxygens (including phenoxy) is 2. The van der Waals surface area contributed by atoms with Crippen molar-refractivity contribution in [2.75, 3.05) is 38.5 Å². The number of nitrogens with two attached hydrogens (primary N) is 1. The molecule has 3 rings (SSSR count). The smallest absolute Gasteiger partial charge is 0.222 e. The Bertz CT molecular complexity index is 989. The SMILES string of the molecule is COc1cc2nc(N)nc(N(C)c3ccc(C(=N)CO)cc3)c2cc1OC. The number of anilines is 3. The molecule has 0 saturated heterocycles. The van der Waals surface area contributed by atoms with Crippen molar-refractivity contribution in [2.24, 2.45) is 0 Å². The second-order valence-corrected chi connectivity index (χ2v) is 5.87. The molecular weight excluding hydrogens is 346 g/mol. The van der Waals surface area contributed by atoms with Crippen LogP contribution in [0.1, 0.15) is 5.56 Å². The van der Waals surface area contributed by atoms with Crippen molar-refractivity contribution in [2.45, 2.75) is 0 Å². The summed E-state index contributed by atoms with van der Waals surface area (Å²) in [6.07, 6.45) is 0. The van der Waals surface area contributed by atoms with Crippen molar-refractivity contribution in [3.05, 3.63) is 42.0 Å². The number of fused-ring (bicyclic) bond motifs is 1. The second-order valence-electron chi connectivity index (χ2n) is 5.87. The van der Waals surface area contributed by atoms with Crippen LogP contribution in [0.2, 0.25) is 0 Å². The van der Waals surface area contributed by atoms with E-state index in [0.717, 1.165) is 11.1 Å². The third kappa shape index (κ3) is 3.47. The van der Waals surface area contributed by atoms with Crippen LogP contribution >= 0.6 is 0 Å². The number of nitrogens with zero attached hydrogens (tertiary/aromatic N) is 3. The molecule has 8 heteroatoms. The number of methoxy groups -OCH3 is 2. The Morgan fingerprint density at radius 1 is 1.11 bits per heavy atom. The third-order valence-electron chi connectivity index (χ3n) is 4.28. The molecule has 0 amide bonds. The first-order chi connectivity index (χ1) is 13.0. The number of nitrogens with one attached hydrogen (secondary N) is 1. The number of aliphatic hydroxyl groups is 1. The van der Waals surface area contributed by atoms with Gasteiger partial charge >= 0.3 is 0 Å². The largest absolute Gasteiger partial charge is 0.493 e. The van der Waals surface area contributed by atoms with Gasteiger partial charge in [-0.05, 0) is 23.8 Å². The third-order valence-corrected chi connectivity index (χ3v) is 4.28. The number of hydrogen-bond acceptors (Lipinski definition) is 8. The van der Waals surface area contributed by atoms with E-state index in [9.17, 15) is 0 Å². The van der Waals surface area contributed by atoms with Crippen molar-refractivity contribution in [1.29, 1.82) is 5.41 Å². The Morgan fingerprint density at radius 2 is 1.74 bits per heavy atom. The average Bonchev–Trinajstić information content (AvgIpc) is 2.71. The minimum atomic E-state index is -0.302. The highest BCUT2D eigenvalue weighted by atomic mass is 16.5. The Balaban J connectivity index is 2.10. The van der Waals surface area contributed by atoms with Crippen LogP contribution in [0.5, 0.6) is 11.5 Å². The molecule has 0 radical (unpaired) electrons. The lowest BCUT2D eigenvalue weighted by Crippen LogP contribution is -2.14. The van der Waals surface area contributed by atoms with Gasteiger partial charge in [0.05, 0.1) is 32.1 Å². The maximum Gasteiger partial charge on any atom is 0.222 e. The van der Waals surface area contributed by atoms with Gasteiger partial charge in [-0.3, -0.25) is 0 Å². The van der Waals surface area contributed by atoms with E-state index in [1.54, 1.807) is 32.4 Å². The van der Waals surface area contributed by atoms with Gasteiger partial charge in [-0.1, -0.05) is 12.1 Å². The summed E-state index contributed by atoms with van der Waals surface area (Å²) in [6.45, 7) is -0.302. The van der Waals surface area contributed by atoms with Gasteiger partial charge in [0.25, 0.3) is 0 Å². The lowest BCUT2D eigenvalue weighted by molar-refractivity contribution is 0.356. The van der Waals surface area contributed by atoms with Crippen molar-refractivity contribution >= 4 is 34.1 Å². The van der Waals surface area contributed by atoms with E-state index in [-0.39, 0.29) is 18.3 Å². The number of aliphatic hydroxyl groups excluding tert-OH is 1. The van der Waals surface area contributed by atoms with Crippen LogP contribution in [0.15, 0.2) is 36.4 Å². The van der Waals surface area contributed by atoms with Gasteiger partial charge in [-0.25, -0.2) is 4.98 Å². The molecule has 0 fully saturated rings. The molecule has 8 nitrogen and oxygen atoms in total. The molecular formula is C19H21N5O3. The topological polar surface area (TPSA) is 118 Å². The molecule has 1 aromatic heterocycles. The molecule has 0 aliphatic heterocycles. The number of aromatic nitrogens is 2. The zero-order valence-electron chi connectivity index (χ0n) is 15.4. The minimum absolute atomic E-state index is 0.148. The summed E-state index contributed by atoms with van der Waals surface area (Å²) in [5.74, 6) is 1.89. The van der Waals surface area contributed by atoms with Crippen molar-refractivity contribution < 1.29 is 14.6 Å². The first-order valence-corrected chi connectivity index (χ1v) is 8.20. The highest BCUT2D eigenvalue weighted by Crippen LogP contribution is 2.36. The number of rotatable bonds is 6. The van der Waals surface area contributed by atoms with E-state index in [2.05, 4.69) is 9.97 Å². The summed E-state index contributed by atoms with van der Waals surface area (Å²) in [7, 11) is 5.00. The Labute approximate surface area is 156 Å². The Morgan fingerprint density at radius 3 is 2.33 bits per heavy atom. The summed E-state index contributed by atoms with van der Waals surface area (Å²) in [5.41, 5.74) is 8.22. The van der Waals surface area contributed by atoms with Crippen LogP contribution in [0.3, 0.4) is 0 Å². The van der Waals surface area contributed by atoms with Crippen molar-refractivity contribution in [1.82, 2.24) is 9.97 Å². The predicted molar refractivity (Wildman–Crippen MR) is 105 cm³/mol. The van der Waals surface area contributed by atoms with Crippen molar-refractivity contribution in [3.8, 4) is 11.5 Å². The number of nitrogen functional groups attached to an aromatic ring is 1. The summed E-state index contributed by atoms with van der Waals surface area (Å²) in [4.78, 5) is 10.6. The van der Waals surface area contributed by atoms with Gasteiger partial charge in [0, 0.05) is 24.2 Å². The van der Waals surface area contributed by atoms with Gasteiger partial charge in [0.1, 0.15) is 5.82 Å². The molecule has 3 aromatic rings. The average molecular weight is 367 g/mol. The van der Waals surface area contributed by atoms with Crippen LogP contribution < -0.4 is 20.1 Å². The van der Waals surface area contributed by atoms with Gasteiger partial charge in [-0.2, -0.15) is 4.98 Å². The van der Waals surface area contributed by atoms with Crippen LogP contribution in [0.25, 0.3) is 10.9 Å². The lowest BCUT2D eigenvalue weighted by atomic mass is 10.1. The highest BCUT2D eigenvalue weighted by molar-refractivity contribution is 5.99. The fourth-order valence-electron chi connectivity index (χ4n) is 2.81. The van der Waals surface area contributed by atoms with E-state index < -0.39 is 0 Å². The van der Waals surface area contributed by atoms with E-state index in [1.165, 1.54) is 0 Å². The predicted octanol–water partition coefficient (Wildman–Crippen LogP) is 2.36. The lowest BCUT2D eigenvalue weighted by Gasteiger charge is -2.21. The van der Waals surface area contributed by atoms with E-state index in [1.807, 2.05) is 30.1 Å². The fourth-order valence-corrected chi connectivity index (χ4v) is 2.81. The number of benzene rings is 2. The quantitative estimate of drug-likeness (QED) is 0.572. The zero-order valence-corrected chi connectivity index (χ0v) is 15.4. The monoisotopic (exact) mass is 367 g/mol. The standard InChI is InChI=1S/C19H21N5O3/c1-24(12-6-4-11(5-7-12)14(20)10-25)18-13-8-16(26-2)17(27-3)9-15(13)22-19(21)23-18/h4-9,20,25H,10H2,1-3H3,(H2,21,22,23). The maximum atomic E-state index is 9.10. The molecule has 0 saturated carbocycles. The van der Waals surface area contributed by atoms with Gasteiger partial charge in [-0.15, -0.1) is 0 Å². The minimum Gasteiger partial charge on any atom is -0.493 e. The summed E-state index contributed by atoms with van der Waals surface area (Å²) in [6, 6.07) is 10.8. The normalized spacial score (nSPS) is 10.7. The zero-order chi connectivity index (χ0) is 19.6. The van der Waals surface area contributed by atoms with E-state index in [0.29, 0.717) is 28.4 Å². The summed E-state index contributed by atoms with van der Waals surface area (Å²) in [5, 5.41) is 17.6. The van der Waals surface area contributed by atoms with Crippen LogP contribution in [0.4, 0.5) is 17.5 Å². The molecule has 0 atom stereocenters. The van der Waals surface area contributed by atoms with Gasteiger partial charge in [0.15, 0.2) is 11.5 Å². The van der Waals surface area contributed by atoms with Crippen molar-refractivity contribution in [3.63, 3.8) is 0 Å². The first-order valence-electron chi connectivity index (χ1n) is 8.20. The molecule has 1 heterocycles. The molecule has 0 spiro atoms. The Kier molecular flexibility index (Phi) is 5.09. The fraction of sp³-hybridized carbons (Fsp3) is 0.211. The van der Waals surface area contributed by atoms with Gasteiger partial charge in [0.2, 0.25) is 5.95 Å². The molecule has 0 aliphatic carbocycles. The highest BCUT2D eigenvalue weighted by Gasteiger charge is 2.16. The second kappa shape index (κ2) is 7.46. The molecule has 0 bridgehead atoms. The molecule has 0 unspecified atom stereocenters. The summed E-state index contributed by atoms with van der Waals surface area (Å²) < 4.78 is 10.7. The Hall–Kier alpha value is -3.39. The first kappa shape index (κ1) is 18.4. The van der Waals surface area contributed by atoms with Crippen LogP contribution in [-0.2, 0) is 0 Å². The molecule has 27 heavy (non-hydrogen) atoms.